The molecule has 0 unspecified atom stereocenters. The molecule has 0 saturated carbocycles. The highest BCUT2D eigenvalue weighted by molar-refractivity contribution is 5.81. The van der Waals surface area contributed by atoms with Crippen LogP contribution in [0.1, 0.15) is 0 Å². The Balaban J connectivity index is 2.22. The molecule has 0 bridgehead atoms. The predicted octanol–water partition coefficient (Wildman–Crippen LogP) is 2.07. The fourth-order valence-corrected chi connectivity index (χ4v) is 2.28. The minimum absolute atomic E-state index is 0.829. The van der Waals surface area contributed by atoms with Gasteiger partial charge in [-0.25, -0.2) is 9.55 Å². The topological polar surface area (TPSA) is 30.9 Å². The summed E-state index contributed by atoms with van der Waals surface area (Å²) in [5.74, 6) is 1.79. The van der Waals surface area contributed by atoms with E-state index in [9.17, 15) is 0 Å². The molecular formula is C15H16N3O+. The lowest BCUT2D eigenvalue weighted by Gasteiger charge is -2.01. The molecule has 2 aromatic heterocycles. The molecule has 0 aliphatic rings. The van der Waals surface area contributed by atoms with Crippen molar-refractivity contribution in [1.29, 1.82) is 0 Å². The van der Waals surface area contributed by atoms with E-state index in [2.05, 4.69) is 16.8 Å². The van der Waals surface area contributed by atoms with Crippen molar-refractivity contribution in [3.8, 4) is 17.1 Å². The highest BCUT2D eigenvalue weighted by Gasteiger charge is 2.12. The first-order valence-electron chi connectivity index (χ1n) is 6.15. The number of pyridine rings is 1. The molecule has 3 rings (SSSR count). The van der Waals surface area contributed by atoms with Gasteiger partial charge in [0.2, 0.25) is 0 Å². The number of ether oxygens (including phenoxy) is 1. The van der Waals surface area contributed by atoms with Crippen LogP contribution in [0.2, 0.25) is 0 Å². The summed E-state index contributed by atoms with van der Waals surface area (Å²) in [6, 6.07) is 10.0. The summed E-state index contributed by atoms with van der Waals surface area (Å²) in [5, 5.41) is 0. The van der Waals surface area contributed by atoms with Crippen LogP contribution in [0.3, 0.4) is 0 Å². The van der Waals surface area contributed by atoms with Crippen LogP contribution in [0.5, 0.6) is 5.75 Å². The van der Waals surface area contributed by atoms with E-state index in [1.807, 2.05) is 49.1 Å². The smallest absolute Gasteiger partial charge is 0.179 e. The Morgan fingerprint density at radius 1 is 1.26 bits per heavy atom. The lowest BCUT2D eigenvalue weighted by Crippen LogP contribution is -2.26. The van der Waals surface area contributed by atoms with E-state index in [0.29, 0.717) is 0 Å². The SMILES string of the molecule is COc1ccc2c(c1)nc(-c1ccc[n+](C)c1)n2C. The van der Waals surface area contributed by atoms with E-state index in [1.54, 1.807) is 7.11 Å². The summed E-state index contributed by atoms with van der Waals surface area (Å²) in [6.45, 7) is 0. The fraction of sp³-hybridized carbons (Fsp3) is 0.200. The molecule has 0 aliphatic heterocycles. The summed E-state index contributed by atoms with van der Waals surface area (Å²) in [6.07, 6.45) is 4.08. The van der Waals surface area contributed by atoms with Crippen LogP contribution in [0, 0.1) is 0 Å². The van der Waals surface area contributed by atoms with Crippen LogP contribution in [0.15, 0.2) is 42.7 Å². The van der Waals surface area contributed by atoms with E-state index < -0.39 is 0 Å². The number of rotatable bonds is 2. The molecule has 0 amide bonds. The summed E-state index contributed by atoms with van der Waals surface area (Å²) in [5.41, 5.74) is 3.15. The lowest BCUT2D eigenvalue weighted by atomic mass is 10.2. The first kappa shape index (κ1) is 11.7. The van der Waals surface area contributed by atoms with Crippen molar-refractivity contribution in [3.05, 3.63) is 42.7 Å². The Hall–Kier alpha value is -2.36. The van der Waals surface area contributed by atoms with Crippen molar-refractivity contribution in [3.63, 3.8) is 0 Å². The predicted molar refractivity (Wildman–Crippen MR) is 73.9 cm³/mol. The zero-order valence-corrected chi connectivity index (χ0v) is 11.3. The van der Waals surface area contributed by atoms with Crippen LogP contribution in [0.25, 0.3) is 22.4 Å². The number of hydrogen-bond acceptors (Lipinski definition) is 2. The van der Waals surface area contributed by atoms with Crippen molar-refractivity contribution >= 4 is 11.0 Å². The molecule has 3 aromatic rings. The normalized spacial score (nSPS) is 10.9. The number of benzene rings is 1. The average Bonchev–Trinajstić information content (AvgIpc) is 2.75. The van der Waals surface area contributed by atoms with Crippen molar-refractivity contribution in [1.82, 2.24) is 9.55 Å². The minimum atomic E-state index is 0.829. The maximum absolute atomic E-state index is 5.24. The molecule has 0 N–H and O–H groups in total. The third-order valence-corrected chi connectivity index (χ3v) is 3.29. The average molecular weight is 254 g/mol. The Bertz CT molecular complexity index is 746. The van der Waals surface area contributed by atoms with Crippen molar-refractivity contribution < 1.29 is 9.30 Å². The molecule has 0 radical (unpaired) electrons. The van der Waals surface area contributed by atoms with E-state index in [4.69, 9.17) is 9.72 Å². The van der Waals surface area contributed by atoms with Crippen LogP contribution in [0.4, 0.5) is 0 Å². The highest BCUT2D eigenvalue weighted by atomic mass is 16.5. The van der Waals surface area contributed by atoms with E-state index in [-0.39, 0.29) is 0 Å². The summed E-state index contributed by atoms with van der Waals surface area (Å²) >= 11 is 0. The molecule has 0 aliphatic carbocycles. The first-order chi connectivity index (χ1) is 9.19. The summed E-state index contributed by atoms with van der Waals surface area (Å²) < 4.78 is 9.37. The van der Waals surface area contributed by atoms with Crippen LogP contribution in [-0.4, -0.2) is 16.7 Å². The Morgan fingerprint density at radius 3 is 2.84 bits per heavy atom. The standard InChI is InChI=1S/C15H16N3O/c1-17-8-4-5-11(10-17)15-16-13-9-12(19-3)6-7-14(13)18(15)2/h4-10H,1-3H3/q+1. The molecule has 4 nitrogen and oxygen atoms in total. The molecule has 1 aromatic carbocycles. The second-order valence-corrected chi connectivity index (χ2v) is 4.61. The third-order valence-electron chi connectivity index (χ3n) is 3.29. The number of fused-ring (bicyclic) bond motifs is 1. The quantitative estimate of drug-likeness (QED) is 0.656. The van der Waals surface area contributed by atoms with E-state index >= 15 is 0 Å². The summed E-state index contributed by atoms with van der Waals surface area (Å²) in [7, 11) is 5.71. The largest absolute Gasteiger partial charge is 0.497 e. The number of imidazole rings is 1. The zero-order valence-electron chi connectivity index (χ0n) is 11.3. The molecule has 0 spiro atoms. The van der Waals surface area contributed by atoms with Crippen molar-refractivity contribution in [2.45, 2.75) is 0 Å². The van der Waals surface area contributed by atoms with E-state index in [1.165, 1.54) is 0 Å². The second-order valence-electron chi connectivity index (χ2n) is 4.61. The van der Waals surface area contributed by atoms with Gasteiger partial charge >= 0.3 is 0 Å². The van der Waals surface area contributed by atoms with Crippen LogP contribution < -0.4 is 9.30 Å². The maximum atomic E-state index is 5.24. The van der Waals surface area contributed by atoms with Crippen molar-refractivity contribution in [2.24, 2.45) is 14.1 Å². The number of aromatic nitrogens is 3. The van der Waals surface area contributed by atoms with Crippen molar-refractivity contribution in [2.75, 3.05) is 7.11 Å². The van der Waals surface area contributed by atoms with Gasteiger partial charge in [0.1, 0.15) is 18.6 Å². The highest BCUT2D eigenvalue weighted by Crippen LogP contribution is 2.25. The monoisotopic (exact) mass is 254 g/mol. The molecule has 0 atom stereocenters. The Kier molecular flexibility index (Phi) is 2.71. The van der Waals surface area contributed by atoms with Gasteiger partial charge < -0.3 is 9.30 Å². The number of nitrogens with zero attached hydrogens (tertiary/aromatic N) is 3. The second kappa shape index (κ2) is 4.39. The van der Waals surface area contributed by atoms with Gasteiger partial charge in [0.25, 0.3) is 0 Å². The molecule has 2 heterocycles. The van der Waals surface area contributed by atoms with E-state index in [0.717, 1.165) is 28.2 Å². The minimum Gasteiger partial charge on any atom is -0.497 e. The van der Waals surface area contributed by atoms with Crippen LogP contribution in [-0.2, 0) is 14.1 Å². The molecular weight excluding hydrogens is 238 g/mol. The molecule has 19 heavy (non-hydrogen) atoms. The van der Waals surface area contributed by atoms with Gasteiger partial charge in [0, 0.05) is 19.2 Å². The molecule has 0 fully saturated rings. The van der Waals surface area contributed by atoms with Gasteiger partial charge in [-0.05, 0) is 18.2 Å². The maximum Gasteiger partial charge on any atom is 0.179 e. The van der Waals surface area contributed by atoms with Gasteiger partial charge in [-0.3, -0.25) is 0 Å². The molecule has 4 heteroatoms. The molecule has 0 saturated heterocycles. The first-order valence-corrected chi connectivity index (χ1v) is 6.15. The lowest BCUT2D eigenvalue weighted by molar-refractivity contribution is -0.671. The summed E-state index contributed by atoms with van der Waals surface area (Å²) in [4.78, 5) is 4.70. The Labute approximate surface area is 111 Å². The van der Waals surface area contributed by atoms with Gasteiger partial charge in [-0.2, -0.15) is 0 Å². The third kappa shape index (κ3) is 1.95. The fourth-order valence-electron chi connectivity index (χ4n) is 2.28. The van der Waals surface area contributed by atoms with Gasteiger partial charge in [-0.1, -0.05) is 0 Å². The molecule has 96 valence electrons. The zero-order chi connectivity index (χ0) is 13.4. The van der Waals surface area contributed by atoms with Gasteiger partial charge in [-0.15, -0.1) is 0 Å². The Morgan fingerprint density at radius 2 is 2.11 bits per heavy atom. The number of aryl methyl sites for hydroxylation is 2. The number of methoxy groups -OCH3 is 1. The number of hydrogen-bond donors (Lipinski definition) is 0. The van der Waals surface area contributed by atoms with Gasteiger partial charge in [0.15, 0.2) is 12.4 Å². The van der Waals surface area contributed by atoms with Gasteiger partial charge in [0.05, 0.1) is 23.7 Å². The van der Waals surface area contributed by atoms with Crippen LogP contribution >= 0.6 is 0 Å².